The van der Waals surface area contributed by atoms with E-state index in [0.717, 1.165) is 35.3 Å². The number of nitrogens with one attached hydrogen (secondary N) is 1. The molecule has 1 heterocycles. The van der Waals surface area contributed by atoms with Crippen molar-refractivity contribution >= 4 is 11.4 Å². The molecule has 3 rings (SSSR count). The number of nitrogens with two attached hydrogens (primary N) is 1. The van der Waals surface area contributed by atoms with Gasteiger partial charge in [-0.15, -0.1) is 0 Å². The van der Waals surface area contributed by atoms with Crippen LogP contribution < -0.4 is 20.5 Å². The molecule has 98 valence electrons. The molecule has 3 N–H and O–H groups in total. The van der Waals surface area contributed by atoms with Crippen LogP contribution >= 0.6 is 0 Å². The largest absolute Gasteiger partial charge is 0.486 e. The maximum Gasteiger partial charge on any atom is 0.163 e. The number of rotatable bonds is 5. The summed E-state index contributed by atoms with van der Waals surface area (Å²) >= 11 is 0. The Morgan fingerprint density at radius 1 is 1.17 bits per heavy atom. The van der Waals surface area contributed by atoms with Crippen LogP contribution in [-0.2, 0) is 0 Å². The first-order valence-electron chi connectivity index (χ1n) is 6.76. The minimum absolute atomic E-state index is 0.598. The average Bonchev–Trinajstić information content (AvgIpc) is 3.19. The molecule has 4 heteroatoms. The smallest absolute Gasteiger partial charge is 0.163 e. The molecule has 1 aliphatic carbocycles. The van der Waals surface area contributed by atoms with E-state index in [1.54, 1.807) is 0 Å². The van der Waals surface area contributed by atoms with E-state index in [-0.39, 0.29) is 0 Å². The molecule has 1 saturated carbocycles. The molecule has 18 heavy (non-hydrogen) atoms. The summed E-state index contributed by atoms with van der Waals surface area (Å²) in [6.07, 6.45) is 5.38. The summed E-state index contributed by atoms with van der Waals surface area (Å²) in [5.41, 5.74) is 7.68. The Balaban J connectivity index is 1.59. The first-order valence-corrected chi connectivity index (χ1v) is 6.76. The Morgan fingerprint density at radius 3 is 2.61 bits per heavy atom. The van der Waals surface area contributed by atoms with Gasteiger partial charge in [-0.1, -0.05) is 12.8 Å². The van der Waals surface area contributed by atoms with Crippen LogP contribution in [0.4, 0.5) is 11.4 Å². The number of benzene rings is 1. The molecule has 2 aliphatic rings. The SMILES string of the molecule is Nc1cc2c(cc1NCCCC1CC1)OCCO2. The zero-order chi connectivity index (χ0) is 12.4. The lowest BCUT2D eigenvalue weighted by atomic mass is 10.2. The van der Waals surface area contributed by atoms with Crippen molar-refractivity contribution < 1.29 is 9.47 Å². The van der Waals surface area contributed by atoms with Crippen molar-refractivity contribution in [2.45, 2.75) is 25.7 Å². The molecule has 0 bridgehead atoms. The van der Waals surface area contributed by atoms with Crippen LogP contribution in [0.1, 0.15) is 25.7 Å². The summed E-state index contributed by atoms with van der Waals surface area (Å²) in [5.74, 6) is 2.53. The second kappa shape index (κ2) is 4.96. The number of hydrogen-bond donors (Lipinski definition) is 2. The second-order valence-corrected chi connectivity index (χ2v) is 5.10. The maximum atomic E-state index is 6.00. The quantitative estimate of drug-likeness (QED) is 0.621. The molecule has 0 saturated heterocycles. The van der Waals surface area contributed by atoms with Crippen molar-refractivity contribution in [1.82, 2.24) is 0 Å². The molecule has 1 aliphatic heterocycles. The third-order valence-electron chi connectivity index (χ3n) is 3.52. The Hall–Kier alpha value is -1.58. The Kier molecular flexibility index (Phi) is 3.17. The van der Waals surface area contributed by atoms with Crippen LogP contribution in [0.3, 0.4) is 0 Å². The highest BCUT2D eigenvalue weighted by Gasteiger charge is 2.20. The molecule has 1 aromatic rings. The highest BCUT2D eigenvalue weighted by Crippen LogP contribution is 2.37. The van der Waals surface area contributed by atoms with Gasteiger partial charge in [0.2, 0.25) is 0 Å². The molecule has 0 atom stereocenters. The van der Waals surface area contributed by atoms with Crippen molar-refractivity contribution in [3.8, 4) is 11.5 Å². The Labute approximate surface area is 107 Å². The first-order chi connectivity index (χ1) is 8.83. The van der Waals surface area contributed by atoms with Gasteiger partial charge in [-0.3, -0.25) is 0 Å². The minimum Gasteiger partial charge on any atom is -0.486 e. The third-order valence-corrected chi connectivity index (χ3v) is 3.52. The molecule has 0 aromatic heterocycles. The van der Waals surface area contributed by atoms with Gasteiger partial charge in [-0.2, -0.15) is 0 Å². The van der Waals surface area contributed by atoms with Crippen molar-refractivity contribution in [1.29, 1.82) is 0 Å². The number of nitrogen functional groups attached to an aromatic ring is 1. The van der Waals surface area contributed by atoms with E-state index in [2.05, 4.69) is 5.32 Å². The molecule has 0 spiro atoms. The van der Waals surface area contributed by atoms with Crippen LogP contribution in [0.25, 0.3) is 0 Å². The summed E-state index contributed by atoms with van der Waals surface area (Å²) in [6, 6.07) is 3.79. The molecule has 4 nitrogen and oxygen atoms in total. The summed E-state index contributed by atoms with van der Waals surface area (Å²) < 4.78 is 11.0. The highest BCUT2D eigenvalue weighted by molar-refractivity contribution is 5.72. The lowest BCUT2D eigenvalue weighted by Gasteiger charge is -2.20. The molecular formula is C14H20N2O2. The fourth-order valence-corrected chi connectivity index (χ4v) is 2.28. The van der Waals surface area contributed by atoms with E-state index in [1.807, 2.05) is 12.1 Å². The van der Waals surface area contributed by atoms with Crippen LogP contribution in [0.15, 0.2) is 12.1 Å². The first kappa shape index (κ1) is 11.5. The van der Waals surface area contributed by atoms with Crippen molar-refractivity contribution in [2.75, 3.05) is 30.8 Å². The fraction of sp³-hybridized carbons (Fsp3) is 0.571. The molecule has 1 aromatic carbocycles. The lowest BCUT2D eigenvalue weighted by molar-refractivity contribution is 0.172. The molecule has 1 fully saturated rings. The van der Waals surface area contributed by atoms with E-state index in [4.69, 9.17) is 15.2 Å². The highest BCUT2D eigenvalue weighted by atomic mass is 16.6. The summed E-state index contributed by atoms with van der Waals surface area (Å²) in [6.45, 7) is 2.18. The van der Waals surface area contributed by atoms with E-state index in [1.165, 1.54) is 25.7 Å². The number of anilines is 2. The third kappa shape index (κ3) is 2.63. The molecule has 0 radical (unpaired) electrons. The van der Waals surface area contributed by atoms with E-state index in [9.17, 15) is 0 Å². The number of hydrogen-bond acceptors (Lipinski definition) is 4. The maximum absolute atomic E-state index is 6.00. The van der Waals surface area contributed by atoms with Gasteiger partial charge in [0.15, 0.2) is 11.5 Å². The van der Waals surface area contributed by atoms with E-state index in [0.29, 0.717) is 13.2 Å². The second-order valence-electron chi connectivity index (χ2n) is 5.10. The molecular weight excluding hydrogens is 228 g/mol. The average molecular weight is 248 g/mol. The standard InChI is InChI=1S/C14H20N2O2/c15-11-8-13-14(18-7-6-17-13)9-12(11)16-5-1-2-10-3-4-10/h8-10,16H,1-7,15H2. The summed E-state index contributed by atoms with van der Waals surface area (Å²) in [4.78, 5) is 0. The minimum atomic E-state index is 0.598. The van der Waals surface area contributed by atoms with Crippen molar-refractivity contribution in [3.63, 3.8) is 0 Å². The molecule has 0 amide bonds. The topological polar surface area (TPSA) is 56.5 Å². The van der Waals surface area contributed by atoms with Gasteiger partial charge >= 0.3 is 0 Å². The lowest BCUT2D eigenvalue weighted by Crippen LogP contribution is -2.16. The van der Waals surface area contributed by atoms with E-state index >= 15 is 0 Å². The van der Waals surface area contributed by atoms with Gasteiger partial charge in [-0.05, 0) is 18.8 Å². The van der Waals surface area contributed by atoms with Crippen LogP contribution in [0, 0.1) is 5.92 Å². The fourth-order valence-electron chi connectivity index (χ4n) is 2.28. The van der Waals surface area contributed by atoms with Gasteiger partial charge < -0.3 is 20.5 Å². The zero-order valence-electron chi connectivity index (χ0n) is 10.6. The Morgan fingerprint density at radius 2 is 1.89 bits per heavy atom. The summed E-state index contributed by atoms with van der Waals surface area (Å²) in [5, 5.41) is 3.39. The summed E-state index contributed by atoms with van der Waals surface area (Å²) in [7, 11) is 0. The van der Waals surface area contributed by atoms with Crippen molar-refractivity contribution in [3.05, 3.63) is 12.1 Å². The van der Waals surface area contributed by atoms with Gasteiger partial charge in [0.25, 0.3) is 0 Å². The van der Waals surface area contributed by atoms with Gasteiger partial charge in [-0.25, -0.2) is 0 Å². The zero-order valence-corrected chi connectivity index (χ0v) is 10.6. The normalized spacial score (nSPS) is 17.6. The van der Waals surface area contributed by atoms with Crippen LogP contribution in [0.2, 0.25) is 0 Å². The van der Waals surface area contributed by atoms with Crippen molar-refractivity contribution in [2.24, 2.45) is 5.92 Å². The van der Waals surface area contributed by atoms with Crippen LogP contribution in [0.5, 0.6) is 11.5 Å². The number of fused-ring (bicyclic) bond motifs is 1. The monoisotopic (exact) mass is 248 g/mol. The van der Waals surface area contributed by atoms with Gasteiger partial charge in [0.05, 0.1) is 11.4 Å². The Bertz CT molecular complexity index is 430. The van der Waals surface area contributed by atoms with E-state index < -0.39 is 0 Å². The number of ether oxygens (including phenoxy) is 2. The van der Waals surface area contributed by atoms with Crippen LogP contribution in [-0.4, -0.2) is 19.8 Å². The predicted molar refractivity (Wildman–Crippen MR) is 72.3 cm³/mol. The van der Waals surface area contributed by atoms with Gasteiger partial charge in [0.1, 0.15) is 13.2 Å². The predicted octanol–water partition coefficient (Wildman–Crippen LogP) is 2.64. The van der Waals surface area contributed by atoms with Gasteiger partial charge in [0, 0.05) is 18.7 Å². The molecule has 0 unspecified atom stereocenters.